The molecule has 1 aliphatic rings. The second-order valence-corrected chi connectivity index (χ2v) is 5.55. The Balaban J connectivity index is 2.05. The number of hydrogen-bond acceptors (Lipinski definition) is 5. The van der Waals surface area contributed by atoms with Crippen LogP contribution in [0.25, 0.3) is 0 Å². The molecule has 0 aromatic carbocycles. The highest BCUT2D eigenvalue weighted by atomic mass is 16.5. The van der Waals surface area contributed by atoms with Gasteiger partial charge >= 0.3 is 0 Å². The van der Waals surface area contributed by atoms with Crippen molar-refractivity contribution in [1.82, 2.24) is 9.97 Å². The summed E-state index contributed by atoms with van der Waals surface area (Å²) < 4.78 is 5.60. The molecule has 20 heavy (non-hydrogen) atoms. The lowest BCUT2D eigenvalue weighted by Crippen LogP contribution is -2.37. The molecule has 1 aromatic rings. The van der Waals surface area contributed by atoms with E-state index in [4.69, 9.17) is 10.5 Å². The van der Waals surface area contributed by atoms with Gasteiger partial charge < -0.3 is 15.8 Å². The van der Waals surface area contributed by atoms with E-state index in [1.807, 2.05) is 13.0 Å². The van der Waals surface area contributed by atoms with Gasteiger partial charge in [0.2, 0.25) is 11.8 Å². The summed E-state index contributed by atoms with van der Waals surface area (Å²) in [6.07, 6.45) is 5.84. The molecule has 112 valence electrons. The first kappa shape index (κ1) is 15.0. The molecule has 1 fully saturated rings. The zero-order valence-corrected chi connectivity index (χ0v) is 12.6. The van der Waals surface area contributed by atoms with E-state index in [-0.39, 0.29) is 0 Å². The quantitative estimate of drug-likeness (QED) is 0.836. The van der Waals surface area contributed by atoms with Gasteiger partial charge in [-0.05, 0) is 38.6 Å². The van der Waals surface area contributed by atoms with Crippen molar-refractivity contribution < 1.29 is 4.74 Å². The minimum absolute atomic E-state index is 0.384. The van der Waals surface area contributed by atoms with E-state index in [9.17, 15) is 0 Å². The lowest BCUT2D eigenvalue weighted by Gasteiger charge is -2.31. The number of aryl methyl sites for hydroxylation is 1. The normalized spacial score (nSPS) is 22.6. The minimum atomic E-state index is 0.384. The zero-order chi connectivity index (χ0) is 14.4. The van der Waals surface area contributed by atoms with Crippen LogP contribution in [-0.4, -0.2) is 29.2 Å². The Labute approximate surface area is 121 Å². The van der Waals surface area contributed by atoms with Crippen LogP contribution < -0.4 is 15.8 Å². The molecule has 0 radical (unpaired) electrons. The molecule has 5 heteroatoms. The van der Waals surface area contributed by atoms with Gasteiger partial charge in [0, 0.05) is 17.8 Å². The van der Waals surface area contributed by atoms with Crippen molar-refractivity contribution in [3.8, 4) is 5.88 Å². The highest BCUT2D eigenvalue weighted by molar-refractivity contribution is 5.32. The van der Waals surface area contributed by atoms with Crippen LogP contribution in [0.1, 0.15) is 44.7 Å². The maximum absolute atomic E-state index is 5.87. The molecule has 5 nitrogen and oxygen atoms in total. The lowest BCUT2D eigenvalue weighted by atomic mass is 9.84. The number of anilines is 1. The molecule has 0 amide bonds. The monoisotopic (exact) mass is 278 g/mol. The van der Waals surface area contributed by atoms with Gasteiger partial charge in [0.25, 0.3) is 0 Å². The molecule has 0 spiro atoms. The highest BCUT2D eigenvalue weighted by Crippen LogP contribution is 2.26. The number of aromatic nitrogens is 2. The van der Waals surface area contributed by atoms with Gasteiger partial charge in [0.1, 0.15) is 0 Å². The fraction of sp³-hybridized carbons (Fsp3) is 0.733. The smallest absolute Gasteiger partial charge is 0.226 e. The summed E-state index contributed by atoms with van der Waals surface area (Å²) >= 11 is 0. The third kappa shape index (κ3) is 4.07. The summed E-state index contributed by atoms with van der Waals surface area (Å²) in [5.41, 5.74) is 6.79. The number of hydrogen-bond donors (Lipinski definition) is 2. The molecular weight excluding hydrogens is 252 g/mol. The van der Waals surface area contributed by atoms with Crippen molar-refractivity contribution in [1.29, 1.82) is 0 Å². The number of ether oxygens (including phenoxy) is 1. The van der Waals surface area contributed by atoms with Crippen molar-refractivity contribution in [2.24, 2.45) is 11.7 Å². The minimum Gasteiger partial charge on any atom is -0.478 e. The molecule has 3 N–H and O–H groups in total. The SMILES string of the molecule is CCCOc1cc(C)nc(NC2CCCCC2CN)n1. The number of nitrogens with two attached hydrogens (primary N) is 1. The number of rotatable bonds is 6. The van der Waals surface area contributed by atoms with Crippen LogP contribution in [0.15, 0.2) is 6.07 Å². The molecule has 0 saturated heterocycles. The third-order valence-electron chi connectivity index (χ3n) is 3.81. The molecule has 1 saturated carbocycles. The fourth-order valence-corrected chi connectivity index (χ4v) is 2.73. The first-order valence-electron chi connectivity index (χ1n) is 7.68. The Kier molecular flexibility index (Phi) is 5.59. The Hall–Kier alpha value is -1.36. The van der Waals surface area contributed by atoms with Crippen LogP contribution >= 0.6 is 0 Å². The maximum atomic E-state index is 5.87. The molecular formula is C15H26N4O. The van der Waals surface area contributed by atoms with Crippen molar-refractivity contribution in [3.63, 3.8) is 0 Å². The first-order chi connectivity index (χ1) is 9.72. The molecule has 1 aliphatic carbocycles. The average Bonchev–Trinajstić information content (AvgIpc) is 2.45. The lowest BCUT2D eigenvalue weighted by molar-refractivity contribution is 0.303. The van der Waals surface area contributed by atoms with Crippen LogP contribution in [-0.2, 0) is 0 Å². The number of nitrogens with one attached hydrogen (secondary N) is 1. The van der Waals surface area contributed by atoms with Crippen LogP contribution in [0, 0.1) is 12.8 Å². The second kappa shape index (κ2) is 7.43. The second-order valence-electron chi connectivity index (χ2n) is 5.55. The summed E-state index contributed by atoms with van der Waals surface area (Å²) in [4.78, 5) is 8.91. The Morgan fingerprint density at radius 1 is 1.35 bits per heavy atom. The first-order valence-corrected chi connectivity index (χ1v) is 7.68. The van der Waals surface area contributed by atoms with Gasteiger partial charge in [0.05, 0.1) is 6.61 Å². The van der Waals surface area contributed by atoms with Crippen molar-refractivity contribution >= 4 is 5.95 Å². The van der Waals surface area contributed by atoms with E-state index < -0.39 is 0 Å². The van der Waals surface area contributed by atoms with Gasteiger partial charge in [0.15, 0.2) is 0 Å². The third-order valence-corrected chi connectivity index (χ3v) is 3.81. The highest BCUT2D eigenvalue weighted by Gasteiger charge is 2.24. The summed E-state index contributed by atoms with van der Waals surface area (Å²) in [5, 5.41) is 3.46. The van der Waals surface area contributed by atoms with E-state index in [2.05, 4.69) is 22.2 Å². The predicted octanol–water partition coefficient (Wildman–Crippen LogP) is 2.50. The van der Waals surface area contributed by atoms with Gasteiger partial charge in [-0.15, -0.1) is 0 Å². The summed E-state index contributed by atoms with van der Waals surface area (Å²) in [7, 11) is 0. The Morgan fingerprint density at radius 3 is 2.90 bits per heavy atom. The van der Waals surface area contributed by atoms with Gasteiger partial charge in [-0.25, -0.2) is 4.98 Å². The van der Waals surface area contributed by atoms with E-state index >= 15 is 0 Å². The van der Waals surface area contributed by atoms with E-state index in [0.29, 0.717) is 30.4 Å². The van der Waals surface area contributed by atoms with Crippen LogP contribution in [0.5, 0.6) is 5.88 Å². The summed E-state index contributed by atoms with van der Waals surface area (Å²) in [6, 6.07) is 2.26. The standard InChI is InChI=1S/C15H26N4O/c1-3-8-20-14-9-11(2)17-15(19-14)18-13-7-5-4-6-12(13)10-16/h9,12-13H,3-8,10,16H2,1-2H3,(H,17,18,19). The maximum Gasteiger partial charge on any atom is 0.226 e. The fourth-order valence-electron chi connectivity index (χ4n) is 2.73. The van der Waals surface area contributed by atoms with Crippen LogP contribution in [0.4, 0.5) is 5.95 Å². The van der Waals surface area contributed by atoms with Crippen molar-refractivity contribution in [2.75, 3.05) is 18.5 Å². The zero-order valence-electron chi connectivity index (χ0n) is 12.6. The van der Waals surface area contributed by atoms with E-state index in [1.165, 1.54) is 19.3 Å². The van der Waals surface area contributed by atoms with E-state index in [0.717, 1.165) is 25.1 Å². The Morgan fingerprint density at radius 2 is 2.15 bits per heavy atom. The predicted molar refractivity (Wildman–Crippen MR) is 81.0 cm³/mol. The Bertz CT molecular complexity index is 424. The number of nitrogens with zero attached hydrogens (tertiary/aromatic N) is 2. The average molecular weight is 278 g/mol. The van der Waals surface area contributed by atoms with Gasteiger partial charge in [-0.1, -0.05) is 19.8 Å². The van der Waals surface area contributed by atoms with E-state index in [1.54, 1.807) is 0 Å². The van der Waals surface area contributed by atoms with Crippen LogP contribution in [0.3, 0.4) is 0 Å². The molecule has 2 unspecified atom stereocenters. The topological polar surface area (TPSA) is 73.1 Å². The largest absolute Gasteiger partial charge is 0.478 e. The molecule has 1 aromatic heterocycles. The molecule has 0 aliphatic heterocycles. The van der Waals surface area contributed by atoms with Gasteiger partial charge in [-0.3, -0.25) is 0 Å². The molecule has 1 heterocycles. The summed E-state index contributed by atoms with van der Waals surface area (Å²) in [6.45, 7) is 5.46. The van der Waals surface area contributed by atoms with Crippen molar-refractivity contribution in [3.05, 3.63) is 11.8 Å². The summed E-state index contributed by atoms with van der Waals surface area (Å²) in [5.74, 6) is 1.84. The molecule has 2 rings (SSSR count). The molecule has 0 bridgehead atoms. The molecule has 2 atom stereocenters. The van der Waals surface area contributed by atoms with Crippen molar-refractivity contribution in [2.45, 2.75) is 52.0 Å². The van der Waals surface area contributed by atoms with Gasteiger partial charge in [-0.2, -0.15) is 4.98 Å². The van der Waals surface area contributed by atoms with Crippen LogP contribution in [0.2, 0.25) is 0 Å².